The van der Waals surface area contributed by atoms with Gasteiger partial charge < -0.3 is 39.4 Å². The van der Waals surface area contributed by atoms with E-state index in [0.717, 1.165) is 70.6 Å². The summed E-state index contributed by atoms with van der Waals surface area (Å²) in [6.45, 7) is 3.30. The van der Waals surface area contributed by atoms with Gasteiger partial charge in [-0.3, -0.25) is 9.59 Å². The molecule has 4 N–H and O–H groups in total. The number of allylic oxidation sites excluding steroid dienone is 6. The molecule has 10 nitrogen and oxygen atoms in total. The smallest absolute Gasteiger partial charge is 0.306 e. The molecule has 1 fully saturated rings. The lowest BCUT2D eigenvalue weighted by molar-refractivity contribution is -0.305. The van der Waals surface area contributed by atoms with E-state index in [0.29, 0.717) is 6.42 Å². The molecule has 56 heavy (non-hydrogen) atoms. The first-order chi connectivity index (χ1) is 27.3. The fourth-order valence-corrected chi connectivity index (χ4v) is 6.73. The number of carbonyl (C=O) groups excluding carboxylic acids is 2. The summed E-state index contributed by atoms with van der Waals surface area (Å²) in [6, 6.07) is 0. The van der Waals surface area contributed by atoms with E-state index in [4.69, 9.17) is 18.9 Å². The van der Waals surface area contributed by atoms with Crippen LogP contribution in [0.2, 0.25) is 0 Å². The van der Waals surface area contributed by atoms with Gasteiger partial charge in [0.2, 0.25) is 0 Å². The van der Waals surface area contributed by atoms with E-state index in [1.165, 1.54) is 83.5 Å². The fraction of sp³-hybridized carbons (Fsp3) is 0.826. The van der Waals surface area contributed by atoms with Gasteiger partial charge in [-0.2, -0.15) is 0 Å². The standard InChI is InChI=1S/C46H82O10/c1-3-5-7-9-11-13-15-17-19-21-22-24-26-28-30-32-34-41(48)53-37-39(38-54-46-45(52)44(51)43(50)40(36-47)56-46)55-42(49)35-33-31-29-27-25-23-20-18-16-14-12-10-8-6-4-2/h6,8,12,14,18,20,39-40,43-47,50-52H,3-5,7,9-11,13,15-17,19,21-38H2,1-2H3/b8-6+,14-12+,20-18+/t39-,40-,43+,44?,45?,46-/m0/s1. The average Bonchev–Trinajstić information content (AvgIpc) is 3.19. The second kappa shape index (κ2) is 37.2. The normalized spacial score (nSPS) is 20.7. The summed E-state index contributed by atoms with van der Waals surface area (Å²) in [6.07, 6.45) is 34.3. The van der Waals surface area contributed by atoms with Crippen molar-refractivity contribution in [2.75, 3.05) is 19.8 Å². The molecule has 6 atom stereocenters. The topological polar surface area (TPSA) is 152 Å². The van der Waals surface area contributed by atoms with Crippen LogP contribution in [0.25, 0.3) is 0 Å². The Morgan fingerprint density at radius 1 is 0.571 bits per heavy atom. The van der Waals surface area contributed by atoms with Crippen LogP contribution < -0.4 is 0 Å². The average molecular weight is 795 g/mol. The molecule has 1 saturated heterocycles. The van der Waals surface area contributed by atoms with Crippen molar-refractivity contribution in [3.05, 3.63) is 36.5 Å². The van der Waals surface area contributed by atoms with Crippen molar-refractivity contribution in [3.8, 4) is 0 Å². The predicted molar refractivity (Wildman–Crippen MR) is 224 cm³/mol. The molecule has 326 valence electrons. The van der Waals surface area contributed by atoms with Gasteiger partial charge in [-0.25, -0.2) is 0 Å². The van der Waals surface area contributed by atoms with Crippen LogP contribution in [-0.4, -0.2) is 89.0 Å². The molecule has 10 heteroatoms. The van der Waals surface area contributed by atoms with E-state index in [-0.39, 0.29) is 32.0 Å². The Kier molecular flexibility index (Phi) is 34.5. The highest BCUT2D eigenvalue weighted by Gasteiger charge is 2.44. The maximum Gasteiger partial charge on any atom is 0.306 e. The lowest BCUT2D eigenvalue weighted by Gasteiger charge is -2.39. The van der Waals surface area contributed by atoms with E-state index in [1.54, 1.807) is 0 Å². The molecule has 0 amide bonds. The van der Waals surface area contributed by atoms with E-state index >= 15 is 0 Å². The van der Waals surface area contributed by atoms with Crippen molar-refractivity contribution in [2.45, 2.75) is 224 Å². The van der Waals surface area contributed by atoms with Gasteiger partial charge in [0.25, 0.3) is 0 Å². The Balaban J connectivity index is 2.33. The Morgan fingerprint density at radius 3 is 1.59 bits per heavy atom. The maximum absolute atomic E-state index is 12.8. The largest absolute Gasteiger partial charge is 0.462 e. The molecule has 0 spiro atoms. The lowest BCUT2D eigenvalue weighted by Crippen LogP contribution is -2.59. The Hall–Kier alpha value is -2.08. The van der Waals surface area contributed by atoms with E-state index in [1.807, 2.05) is 0 Å². The number of hydrogen-bond donors (Lipinski definition) is 4. The Morgan fingerprint density at radius 2 is 1.05 bits per heavy atom. The van der Waals surface area contributed by atoms with Crippen LogP contribution in [-0.2, 0) is 28.5 Å². The molecule has 1 aliphatic heterocycles. The van der Waals surface area contributed by atoms with E-state index in [2.05, 4.69) is 50.3 Å². The molecule has 0 bridgehead atoms. The number of carbonyl (C=O) groups is 2. The molecule has 0 aromatic carbocycles. The predicted octanol–water partition coefficient (Wildman–Crippen LogP) is 9.50. The third kappa shape index (κ3) is 28.3. The SMILES string of the molecule is CC/C=C/C/C=C/C/C=C/CCCCCCCC(=O)O[C@@H](COC(=O)CCCCCCCCCCCCCCCCCC)CO[C@H]1O[C@@H](CO)[C@@H](O)C(O)C1O. The number of rotatable bonds is 37. The molecule has 0 radical (unpaired) electrons. The van der Waals surface area contributed by atoms with Crippen molar-refractivity contribution in [3.63, 3.8) is 0 Å². The maximum atomic E-state index is 12.8. The van der Waals surface area contributed by atoms with Gasteiger partial charge >= 0.3 is 11.9 Å². The highest BCUT2D eigenvalue weighted by molar-refractivity contribution is 5.70. The lowest BCUT2D eigenvalue weighted by atomic mass is 9.99. The minimum Gasteiger partial charge on any atom is -0.462 e. The molecule has 1 rings (SSSR count). The van der Waals surface area contributed by atoms with Gasteiger partial charge in [0.15, 0.2) is 12.4 Å². The second-order valence-corrected chi connectivity index (χ2v) is 15.5. The first-order valence-corrected chi connectivity index (χ1v) is 22.6. The third-order valence-corrected chi connectivity index (χ3v) is 10.3. The summed E-state index contributed by atoms with van der Waals surface area (Å²) in [5, 5.41) is 40.1. The zero-order chi connectivity index (χ0) is 40.9. The van der Waals surface area contributed by atoms with Gasteiger partial charge in [0.05, 0.1) is 13.2 Å². The molecule has 0 aromatic heterocycles. The number of aliphatic hydroxyl groups is 4. The minimum absolute atomic E-state index is 0.212. The summed E-state index contributed by atoms with van der Waals surface area (Å²) >= 11 is 0. The minimum atomic E-state index is -1.60. The Labute approximate surface area is 340 Å². The van der Waals surface area contributed by atoms with Crippen LogP contribution >= 0.6 is 0 Å². The van der Waals surface area contributed by atoms with Crippen molar-refractivity contribution in [2.24, 2.45) is 0 Å². The fourth-order valence-electron chi connectivity index (χ4n) is 6.73. The highest BCUT2D eigenvalue weighted by atomic mass is 16.7. The first-order valence-electron chi connectivity index (χ1n) is 22.6. The zero-order valence-corrected chi connectivity index (χ0v) is 35.4. The zero-order valence-electron chi connectivity index (χ0n) is 35.4. The van der Waals surface area contributed by atoms with Gasteiger partial charge in [0, 0.05) is 12.8 Å². The molecular formula is C46H82O10. The highest BCUT2D eigenvalue weighted by Crippen LogP contribution is 2.23. The molecule has 1 aliphatic rings. The van der Waals surface area contributed by atoms with Crippen LogP contribution in [0, 0.1) is 0 Å². The van der Waals surface area contributed by atoms with Crippen LogP contribution in [0.5, 0.6) is 0 Å². The summed E-state index contributed by atoms with van der Waals surface area (Å²) in [5.41, 5.74) is 0. The number of unbranched alkanes of at least 4 members (excludes halogenated alkanes) is 20. The van der Waals surface area contributed by atoms with Gasteiger partial charge in [0.1, 0.15) is 31.0 Å². The van der Waals surface area contributed by atoms with Crippen molar-refractivity contribution in [1.29, 1.82) is 0 Å². The monoisotopic (exact) mass is 795 g/mol. The number of aliphatic hydroxyl groups excluding tert-OH is 4. The summed E-state index contributed by atoms with van der Waals surface area (Å²) in [4.78, 5) is 25.3. The molecule has 1 heterocycles. The first kappa shape index (κ1) is 51.9. The molecular weight excluding hydrogens is 712 g/mol. The van der Waals surface area contributed by atoms with Gasteiger partial charge in [-0.1, -0.05) is 166 Å². The van der Waals surface area contributed by atoms with Crippen LogP contribution in [0.15, 0.2) is 36.5 Å². The van der Waals surface area contributed by atoms with E-state index < -0.39 is 49.4 Å². The number of esters is 2. The van der Waals surface area contributed by atoms with Gasteiger partial charge in [-0.05, 0) is 44.9 Å². The van der Waals surface area contributed by atoms with Gasteiger partial charge in [-0.15, -0.1) is 0 Å². The quantitative estimate of drug-likeness (QED) is 0.0272. The summed E-state index contributed by atoms with van der Waals surface area (Å²) in [5.74, 6) is -0.821. The molecule has 0 aromatic rings. The molecule has 0 aliphatic carbocycles. The number of ether oxygens (including phenoxy) is 4. The molecule has 2 unspecified atom stereocenters. The van der Waals surface area contributed by atoms with Crippen LogP contribution in [0.4, 0.5) is 0 Å². The number of hydrogen-bond acceptors (Lipinski definition) is 10. The third-order valence-electron chi connectivity index (χ3n) is 10.3. The van der Waals surface area contributed by atoms with Crippen molar-refractivity contribution in [1.82, 2.24) is 0 Å². The Bertz CT molecular complexity index is 1010. The van der Waals surface area contributed by atoms with Crippen LogP contribution in [0.1, 0.15) is 187 Å². The van der Waals surface area contributed by atoms with E-state index in [9.17, 15) is 30.0 Å². The van der Waals surface area contributed by atoms with Crippen molar-refractivity contribution < 1.29 is 49.0 Å². The van der Waals surface area contributed by atoms with Crippen LogP contribution in [0.3, 0.4) is 0 Å². The summed E-state index contributed by atoms with van der Waals surface area (Å²) < 4.78 is 22.1. The van der Waals surface area contributed by atoms with Crippen molar-refractivity contribution >= 4 is 11.9 Å². The second-order valence-electron chi connectivity index (χ2n) is 15.5. The molecule has 0 saturated carbocycles. The summed E-state index contributed by atoms with van der Waals surface area (Å²) in [7, 11) is 0.